The lowest BCUT2D eigenvalue weighted by Crippen LogP contribution is -2.55. The molecule has 9 heteroatoms. The van der Waals surface area contributed by atoms with Gasteiger partial charge in [0.25, 0.3) is 0 Å². The number of hydrogen-bond acceptors (Lipinski definition) is 5. The molecule has 1 amide bonds. The third kappa shape index (κ3) is 4.56. The summed E-state index contributed by atoms with van der Waals surface area (Å²) in [6.45, 7) is 0.0244. The van der Waals surface area contributed by atoms with E-state index in [2.05, 4.69) is 5.32 Å². The average Bonchev–Trinajstić information content (AvgIpc) is 2.62. The van der Waals surface area contributed by atoms with Gasteiger partial charge in [0.1, 0.15) is 6.04 Å². The fourth-order valence-electron chi connectivity index (χ4n) is 2.79. The van der Waals surface area contributed by atoms with Crippen molar-refractivity contribution in [3.8, 4) is 0 Å². The molecule has 1 heterocycles. The van der Waals surface area contributed by atoms with E-state index in [1.807, 2.05) is 0 Å². The van der Waals surface area contributed by atoms with E-state index in [0.717, 1.165) is 4.31 Å². The number of sulfonamides is 1. The van der Waals surface area contributed by atoms with Gasteiger partial charge in [-0.05, 0) is 25.0 Å². The lowest BCUT2D eigenvalue weighted by atomic mass is 10.0. The molecule has 0 saturated carbocycles. The van der Waals surface area contributed by atoms with E-state index in [9.17, 15) is 18.0 Å². The zero-order chi connectivity index (χ0) is 18.4. The molecule has 2 N–H and O–H groups in total. The summed E-state index contributed by atoms with van der Waals surface area (Å²) in [6, 6.07) is 5.74. The molecular weight excluding hydrogens is 348 g/mol. The molecule has 1 aromatic rings. The standard InChI is InChI=1S/C16H22N2O6S/c1-24-11-13(16(20)21)17-15(19)14-9-5-6-10-18(14)25(22,23)12-7-3-2-4-8-12/h2-4,7-8,13-14H,5-6,9-11H2,1H3,(H,17,19)(H,20,21). The fraction of sp³-hybridized carbons (Fsp3) is 0.500. The van der Waals surface area contributed by atoms with E-state index in [1.54, 1.807) is 18.2 Å². The number of amides is 1. The molecule has 138 valence electrons. The molecule has 1 aromatic carbocycles. The Morgan fingerprint density at radius 1 is 1.32 bits per heavy atom. The zero-order valence-corrected chi connectivity index (χ0v) is 14.7. The van der Waals surface area contributed by atoms with Crippen LogP contribution >= 0.6 is 0 Å². The summed E-state index contributed by atoms with van der Waals surface area (Å²) in [5.74, 6) is -1.85. The molecule has 25 heavy (non-hydrogen) atoms. The second kappa shape index (κ2) is 8.41. The minimum atomic E-state index is -3.83. The van der Waals surface area contributed by atoms with Crippen molar-refractivity contribution < 1.29 is 27.9 Å². The Morgan fingerprint density at radius 3 is 2.60 bits per heavy atom. The highest BCUT2D eigenvalue weighted by molar-refractivity contribution is 7.89. The van der Waals surface area contributed by atoms with Crippen molar-refractivity contribution in [3.63, 3.8) is 0 Å². The van der Waals surface area contributed by atoms with E-state index < -0.39 is 34.0 Å². The number of aliphatic carboxylic acids is 1. The number of ether oxygens (including phenoxy) is 1. The number of carbonyl (C=O) groups is 2. The Balaban J connectivity index is 2.23. The van der Waals surface area contributed by atoms with Gasteiger partial charge in [0.05, 0.1) is 11.5 Å². The van der Waals surface area contributed by atoms with Crippen LogP contribution in [0.15, 0.2) is 35.2 Å². The van der Waals surface area contributed by atoms with Crippen LogP contribution in [0.1, 0.15) is 19.3 Å². The van der Waals surface area contributed by atoms with Gasteiger partial charge in [0, 0.05) is 13.7 Å². The van der Waals surface area contributed by atoms with Crippen LogP contribution in [0.3, 0.4) is 0 Å². The molecule has 8 nitrogen and oxygen atoms in total. The van der Waals surface area contributed by atoms with Crippen molar-refractivity contribution in [2.24, 2.45) is 0 Å². The van der Waals surface area contributed by atoms with Gasteiger partial charge >= 0.3 is 5.97 Å². The van der Waals surface area contributed by atoms with Crippen molar-refractivity contribution in [3.05, 3.63) is 30.3 Å². The number of benzene rings is 1. The molecule has 0 bridgehead atoms. The first-order valence-electron chi connectivity index (χ1n) is 7.97. The number of carboxylic acids is 1. The first-order chi connectivity index (χ1) is 11.9. The maximum absolute atomic E-state index is 12.9. The predicted octanol–water partition coefficient (Wildman–Crippen LogP) is 0.446. The predicted molar refractivity (Wildman–Crippen MR) is 89.4 cm³/mol. The summed E-state index contributed by atoms with van der Waals surface area (Å²) in [4.78, 5) is 23.8. The van der Waals surface area contributed by atoms with Crippen molar-refractivity contribution in [2.45, 2.75) is 36.2 Å². The van der Waals surface area contributed by atoms with E-state index in [4.69, 9.17) is 9.84 Å². The largest absolute Gasteiger partial charge is 0.480 e. The van der Waals surface area contributed by atoms with E-state index in [1.165, 1.54) is 19.2 Å². The quantitative estimate of drug-likeness (QED) is 0.720. The number of carboxylic acid groups (broad SMARTS) is 1. The third-order valence-electron chi connectivity index (χ3n) is 4.05. The highest BCUT2D eigenvalue weighted by atomic mass is 32.2. The van der Waals surface area contributed by atoms with Gasteiger partial charge in [-0.3, -0.25) is 4.79 Å². The fourth-order valence-corrected chi connectivity index (χ4v) is 4.47. The van der Waals surface area contributed by atoms with Crippen molar-refractivity contribution >= 4 is 21.9 Å². The number of piperidine rings is 1. The number of rotatable bonds is 7. The molecule has 1 aliphatic rings. The summed E-state index contributed by atoms with van der Waals surface area (Å²) in [5.41, 5.74) is 0. The first kappa shape index (κ1) is 19.4. The maximum Gasteiger partial charge on any atom is 0.328 e. The molecular formula is C16H22N2O6S. The Bertz CT molecular complexity index is 707. The molecule has 2 rings (SSSR count). The van der Waals surface area contributed by atoms with Gasteiger partial charge in [-0.25, -0.2) is 13.2 Å². The smallest absolute Gasteiger partial charge is 0.328 e. The minimum absolute atomic E-state index is 0.112. The second-order valence-corrected chi connectivity index (χ2v) is 7.69. The monoisotopic (exact) mass is 370 g/mol. The number of nitrogens with zero attached hydrogens (tertiary/aromatic N) is 1. The van der Waals surface area contributed by atoms with E-state index in [-0.39, 0.29) is 18.0 Å². The van der Waals surface area contributed by atoms with Crippen LogP contribution in [0.2, 0.25) is 0 Å². The highest BCUT2D eigenvalue weighted by Crippen LogP contribution is 2.25. The molecule has 1 aliphatic heterocycles. The Kier molecular flexibility index (Phi) is 6.51. The summed E-state index contributed by atoms with van der Waals surface area (Å²) >= 11 is 0. The van der Waals surface area contributed by atoms with Crippen LogP contribution in [0, 0.1) is 0 Å². The van der Waals surface area contributed by atoms with Crippen molar-refractivity contribution in [1.82, 2.24) is 9.62 Å². The van der Waals surface area contributed by atoms with Gasteiger partial charge in [0.15, 0.2) is 6.04 Å². The number of methoxy groups -OCH3 is 1. The van der Waals surface area contributed by atoms with Crippen LogP contribution in [-0.2, 0) is 24.3 Å². The normalized spacial score (nSPS) is 20.0. The summed E-state index contributed by atoms with van der Waals surface area (Å²) in [7, 11) is -2.50. The molecule has 2 unspecified atom stereocenters. The SMILES string of the molecule is COCC(NC(=O)C1CCCCN1S(=O)(=O)c1ccccc1)C(=O)O. The van der Waals surface area contributed by atoms with Crippen LogP contribution < -0.4 is 5.32 Å². The molecule has 0 aliphatic carbocycles. The van der Waals surface area contributed by atoms with Crippen LogP contribution in [-0.4, -0.2) is 62.1 Å². The highest BCUT2D eigenvalue weighted by Gasteiger charge is 2.38. The van der Waals surface area contributed by atoms with Gasteiger partial charge in [-0.1, -0.05) is 24.6 Å². The second-order valence-electron chi connectivity index (χ2n) is 5.80. The van der Waals surface area contributed by atoms with Crippen molar-refractivity contribution in [2.75, 3.05) is 20.3 Å². The van der Waals surface area contributed by atoms with E-state index in [0.29, 0.717) is 19.3 Å². The van der Waals surface area contributed by atoms with E-state index >= 15 is 0 Å². The van der Waals surface area contributed by atoms with Gasteiger partial charge in [0.2, 0.25) is 15.9 Å². The molecule has 1 fully saturated rings. The lowest BCUT2D eigenvalue weighted by molar-refractivity contribution is -0.144. The van der Waals surface area contributed by atoms with Crippen LogP contribution in [0.25, 0.3) is 0 Å². The first-order valence-corrected chi connectivity index (χ1v) is 9.41. The molecule has 0 radical (unpaired) electrons. The number of nitrogens with one attached hydrogen (secondary N) is 1. The zero-order valence-electron chi connectivity index (χ0n) is 13.9. The summed E-state index contributed by atoms with van der Waals surface area (Å²) in [6.07, 6.45) is 1.69. The molecule has 2 atom stereocenters. The third-order valence-corrected chi connectivity index (χ3v) is 5.98. The average molecular weight is 370 g/mol. The molecule has 1 saturated heterocycles. The summed E-state index contributed by atoms with van der Waals surface area (Å²) in [5, 5.41) is 11.5. The molecule has 0 aromatic heterocycles. The van der Waals surface area contributed by atoms with Crippen LogP contribution in [0.5, 0.6) is 0 Å². The molecule has 0 spiro atoms. The number of hydrogen-bond donors (Lipinski definition) is 2. The topological polar surface area (TPSA) is 113 Å². The maximum atomic E-state index is 12.9. The van der Waals surface area contributed by atoms with Crippen molar-refractivity contribution in [1.29, 1.82) is 0 Å². The van der Waals surface area contributed by atoms with Gasteiger partial charge in [-0.2, -0.15) is 4.31 Å². The Labute approximate surface area is 146 Å². The van der Waals surface area contributed by atoms with Gasteiger partial charge < -0.3 is 15.2 Å². The van der Waals surface area contributed by atoms with Gasteiger partial charge in [-0.15, -0.1) is 0 Å². The van der Waals surface area contributed by atoms with Crippen LogP contribution in [0.4, 0.5) is 0 Å². The Hall–Kier alpha value is -1.97. The summed E-state index contributed by atoms with van der Waals surface area (Å²) < 4.78 is 31.7. The Morgan fingerprint density at radius 2 is 2.00 bits per heavy atom. The lowest BCUT2D eigenvalue weighted by Gasteiger charge is -2.34. The minimum Gasteiger partial charge on any atom is -0.480 e. The number of carbonyl (C=O) groups excluding carboxylic acids is 1.